The minimum Gasteiger partial charge on any atom is -0.466 e. The summed E-state index contributed by atoms with van der Waals surface area (Å²) in [4.78, 5) is 22.9. The lowest BCUT2D eigenvalue weighted by Crippen LogP contribution is -2.49. The van der Waals surface area contributed by atoms with Crippen LogP contribution in [-0.4, -0.2) is 25.7 Å². The number of methoxy groups -OCH3 is 1. The Hall–Kier alpha value is -1.58. The number of allylic oxidation sites excluding steroid dienone is 1. The molecule has 2 fully saturated rings. The van der Waals surface area contributed by atoms with E-state index in [1.165, 1.54) is 51.4 Å². The van der Waals surface area contributed by atoms with Crippen molar-refractivity contribution < 1.29 is 19.1 Å². The summed E-state index contributed by atoms with van der Waals surface area (Å²) in [5.41, 5.74) is 2.78. The van der Waals surface area contributed by atoms with Crippen LogP contribution in [0.5, 0.6) is 0 Å². The van der Waals surface area contributed by atoms with Gasteiger partial charge in [0, 0.05) is 13.0 Å². The fourth-order valence-corrected chi connectivity index (χ4v) is 5.74. The van der Waals surface area contributed by atoms with Gasteiger partial charge in [0.2, 0.25) is 0 Å². The zero-order valence-corrected chi connectivity index (χ0v) is 17.7. The average molecular weight is 377 g/mol. The molecular formula is C23H36O4. The Morgan fingerprint density at radius 1 is 1.26 bits per heavy atom. The standard InChI is InChI=1S/C23H36O4/c1-16-8-11-20-22(3,4)12-7-13-23(20,5)19(16)10-9-18(14-21(25)26-6)15-27-17(2)24/h14,19-20H,1,7-13,15H2,2-6H3/b18-14-/t19-,20-,23+/m1/s1. The quantitative estimate of drug-likeness (QED) is 0.362. The van der Waals surface area contributed by atoms with Gasteiger partial charge in [-0.25, -0.2) is 4.79 Å². The van der Waals surface area contributed by atoms with Crippen molar-refractivity contribution in [1.29, 1.82) is 0 Å². The van der Waals surface area contributed by atoms with Crippen molar-refractivity contribution in [2.75, 3.05) is 13.7 Å². The number of carbonyl (C=O) groups excluding carboxylic acids is 2. The Balaban J connectivity index is 2.16. The summed E-state index contributed by atoms with van der Waals surface area (Å²) in [6, 6.07) is 0. The number of hydrogen-bond donors (Lipinski definition) is 0. The Morgan fingerprint density at radius 2 is 1.96 bits per heavy atom. The predicted molar refractivity (Wildman–Crippen MR) is 107 cm³/mol. The molecule has 2 saturated carbocycles. The molecule has 2 rings (SSSR count). The van der Waals surface area contributed by atoms with Crippen LogP contribution in [-0.2, 0) is 19.1 Å². The van der Waals surface area contributed by atoms with Gasteiger partial charge in [0.15, 0.2) is 0 Å². The third-order valence-corrected chi connectivity index (χ3v) is 7.06. The van der Waals surface area contributed by atoms with Crippen molar-refractivity contribution in [3.63, 3.8) is 0 Å². The number of fused-ring (bicyclic) bond motifs is 1. The summed E-state index contributed by atoms with van der Waals surface area (Å²) < 4.78 is 9.90. The van der Waals surface area contributed by atoms with Crippen molar-refractivity contribution in [2.24, 2.45) is 22.7 Å². The van der Waals surface area contributed by atoms with E-state index < -0.39 is 5.97 Å². The molecule has 3 atom stereocenters. The van der Waals surface area contributed by atoms with E-state index in [2.05, 4.69) is 27.4 Å². The van der Waals surface area contributed by atoms with E-state index in [-0.39, 0.29) is 18.0 Å². The Bertz CT molecular complexity index is 616. The van der Waals surface area contributed by atoms with Gasteiger partial charge >= 0.3 is 11.9 Å². The topological polar surface area (TPSA) is 52.6 Å². The van der Waals surface area contributed by atoms with E-state index in [0.717, 1.165) is 24.8 Å². The summed E-state index contributed by atoms with van der Waals surface area (Å²) in [5, 5.41) is 0. The van der Waals surface area contributed by atoms with Crippen molar-refractivity contribution in [2.45, 2.75) is 72.6 Å². The molecule has 2 aliphatic carbocycles. The maximum absolute atomic E-state index is 11.7. The molecule has 0 N–H and O–H groups in total. The van der Waals surface area contributed by atoms with Crippen LogP contribution in [0.2, 0.25) is 0 Å². The van der Waals surface area contributed by atoms with Crippen molar-refractivity contribution >= 4 is 11.9 Å². The normalized spacial score (nSPS) is 30.4. The van der Waals surface area contributed by atoms with E-state index in [1.807, 2.05) is 0 Å². The summed E-state index contributed by atoms with van der Waals surface area (Å²) in [7, 11) is 1.36. The lowest BCUT2D eigenvalue weighted by atomic mass is 9.47. The van der Waals surface area contributed by atoms with E-state index >= 15 is 0 Å². The first kappa shape index (κ1) is 21.7. The highest BCUT2D eigenvalue weighted by atomic mass is 16.5. The van der Waals surface area contributed by atoms with Gasteiger partial charge in [0.25, 0.3) is 0 Å². The lowest BCUT2D eigenvalue weighted by molar-refractivity contribution is -0.140. The van der Waals surface area contributed by atoms with E-state index in [1.54, 1.807) is 0 Å². The van der Waals surface area contributed by atoms with E-state index in [9.17, 15) is 9.59 Å². The average Bonchev–Trinajstić information content (AvgIpc) is 2.57. The largest absolute Gasteiger partial charge is 0.466 e. The Labute approximate surface area is 164 Å². The van der Waals surface area contributed by atoms with Crippen LogP contribution in [0.1, 0.15) is 72.6 Å². The molecule has 0 aromatic rings. The van der Waals surface area contributed by atoms with Gasteiger partial charge in [-0.15, -0.1) is 0 Å². The maximum atomic E-state index is 11.7. The molecule has 0 unspecified atom stereocenters. The third kappa shape index (κ3) is 5.03. The fraction of sp³-hybridized carbons (Fsp3) is 0.739. The Kier molecular flexibility index (Phi) is 6.93. The molecule has 152 valence electrons. The van der Waals surface area contributed by atoms with Gasteiger partial charge < -0.3 is 9.47 Å². The van der Waals surface area contributed by atoms with Crippen LogP contribution in [0.4, 0.5) is 0 Å². The zero-order chi connectivity index (χ0) is 20.2. The van der Waals surface area contributed by atoms with E-state index in [4.69, 9.17) is 9.47 Å². The number of ether oxygens (including phenoxy) is 2. The molecule has 0 spiro atoms. The first-order chi connectivity index (χ1) is 12.6. The molecular weight excluding hydrogens is 340 g/mol. The highest BCUT2D eigenvalue weighted by molar-refractivity contribution is 5.82. The predicted octanol–water partition coefficient (Wildman–Crippen LogP) is 5.23. The SMILES string of the molecule is C=C1CC[C@@H]2C(C)(C)CCC[C@@]2(C)[C@@H]1CC/C(=C/C(=O)OC)COC(C)=O. The second-order valence-electron chi connectivity index (χ2n) is 9.29. The van der Waals surface area contributed by atoms with Crippen LogP contribution < -0.4 is 0 Å². The first-order valence-corrected chi connectivity index (χ1v) is 10.2. The molecule has 0 heterocycles. The smallest absolute Gasteiger partial charge is 0.330 e. The number of rotatable bonds is 6. The molecule has 0 bridgehead atoms. The van der Waals surface area contributed by atoms with Gasteiger partial charge in [-0.3, -0.25) is 4.79 Å². The number of esters is 2. The second-order valence-corrected chi connectivity index (χ2v) is 9.29. The molecule has 4 heteroatoms. The lowest BCUT2D eigenvalue weighted by Gasteiger charge is -2.58. The molecule has 0 aromatic carbocycles. The summed E-state index contributed by atoms with van der Waals surface area (Å²) in [6.45, 7) is 13.2. The Morgan fingerprint density at radius 3 is 2.59 bits per heavy atom. The van der Waals surface area contributed by atoms with Gasteiger partial charge in [-0.05, 0) is 66.8 Å². The molecule has 0 radical (unpaired) electrons. The highest BCUT2D eigenvalue weighted by Gasteiger charge is 2.52. The van der Waals surface area contributed by atoms with Crippen LogP contribution in [0.15, 0.2) is 23.8 Å². The molecule has 4 nitrogen and oxygen atoms in total. The van der Waals surface area contributed by atoms with Crippen LogP contribution >= 0.6 is 0 Å². The minimum atomic E-state index is -0.400. The van der Waals surface area contributed by atoms with Crippen molar-refractivity contribution in [3.05, 3.63) is 23.8 Å². The summed E-state index contributed by atoms with van der Waals surface area (Å²) in [5.74, 6) is 0.404. The minimum absolute atomic E-state index is 0.148. The zero-order valence-electron chi connectivity index (χ0n) is 17.7. The molecule has 0 aromatic heterocycles. The highest BCUT2D eigenvalue weighted by Crippen LogP contribution is 2.61. The van der Waals surface area contributed by atoms with Crippen LogP contribution in [0.25, 0.3) is 0 Å². The summed E-state index contributed by atoms with van der Waals surface area (Å²) in [6.07, 6.45) is 9.25. The van der Waals surface area contributed by atoms with Gasteiger partial charge in [-0.1, -0.05) is 39.3 Å². The fourth-order valence-electron chi connectivity index (χ4n) is 5.74. The molecule has 2 aliphatic rings. The molecule has 0 saturated heterocycles. The van der Waals surface area contributed by atoms with Crippen molar-refractivity contribution in [1.82, 2.24) is 0 Å². The van der Waals surface area contributed by atoms with E-state index in [0.29, 0.717) is 17.3 Å². The second kappa shape index (κ2) is 8.62. The summed E-state index contributed by atoms with van der Waals surface area (Å²) >= 11 is 0. The third-order valence-electron chi connectivity index (χ3n) is 7.06. The van der Waals surface area contributed by atoms with Gasteiger partial charge in [0.1, 0.15) is 6.61 Å². The van der Waals surface area contributed by atoms with Crippen molar-refractivity contribution in [3.8, 4) is 0 Å². The molecule has 27 heavy (non-hydrogen) atoms. The maximum Gasteiger partial charge on any atom is 0.330 e. The van der Waals surface area contributed by atoms with Gasteiger partial charge in [0.05, 0.1) is 7.11 Å². The number of hydrogen-bond acceptors (Lipinski definition) is 4. The monoisotopic (exact) mass is 376 g/mol. The first-order valence-electron chi connectivity index (χ1n) is 10.2. The molecule has 0 amide bonds. The van der Waals surface area contributed by atoms with Crippen LogP contribution in [0.3, 0.4) is 0 Å². The van der Waals surface area contributed by atoms with Crippen LogP contribution in [0, 0.1) is 22.7 Å². The number of carbonyl (C=O) groups is 2. The molecule has 0 aliphatic heterocycles. The van der Waals surface area contributed by atoms with Gasteiger partial charge in [-0.2, -0.15) is 0 Å².